The van der Waals surface area contributed by atoms with Crippen LogP contribution in [0.25, 0.3) is 11.3 Å². The van der Waals surface area contributed by atoms with E-state index in [0.29, 0.717) is 5.78 Å². The number of Topliss-reactive ketones (excluding diaryl/α,β-unsaturated/α-hetero) is 2. The van der Waals surface area contributed by atoms with E-state index < -0.39 is 0 Å². The number of rotatable bonds is 3. The van der Waals surface area contributed by atoms with Crippen LogP contribution in [0.2, 0.25) is 0 Å². The van der Waals surface area contributed by atoms with E-state index in [1.807, 2.05) is 66.5 Å². The minimum absolute atomic E-state index is 0.257. The third-order valence-electron chi connectivity index (χ3n) is 8.60. The molecule has 4 heterocycles. The third kappa shape index (κ3) is 6.36. The predicted octanol–water partition coefficient (Wildman–Crippen LogP) is 10.4. The van der Waals surface area contributed by atoms with Gasteiger partial charge in [0.2, 0.25) is 0 Å². The molecule has 4 nitrogen and oxygen atoms in total. The Balaban J connectivity index is 0.000000132. The molecule has 7 rings (SSSR count). The molecule has 0 saturated carbocycles. The first-order valence-corrected chi connectivity index (χ1v) is 21.0. The van der Waals surface area contributed by atoms with E-state index in [9.17, 15) is 9.59 Å². The van der Waals surface area contributed by atoms with Gasteiger partial charge in [0, 0.05) is 39.2 Å². The summed E-state index contributed by atoms with van der Waals surface area (Å²) < 4.78 is 5.87. The molecule has 0 N–H and O–H groups in total. The maximum Gasteiger partial charge on any atom is 0.190 e. The predicted molar refractivity (Wildman–Crippen MR) is 196 cm³/mol. The van der Waals surface area contributed by atoms with Crippen LogP contribution in [0.5, 0.6) is 0 Å². The summed E-state index contributed by atoms with van der Waals surface area (Å²) >= 11 is 10.7. The van der Waals surface area contributed by atoms with Gasteiger partial charge in [-0.05, 0) is 113 Å². The van der Waals surface area contributed by atoms with E-state index in [0.717, 1.165) is 55.2 Å². The molecule has 0 fully saturated rings. The molecule has 3 aliphatic carbocycles. The van der Waals surface area contributed by atoms with Gasteiger partial charge in [-0.25, -0.2) is 0 Å². The Bertz CT molecular complexity index is 1750. The van der Waals surface area contributed by atoms with Crippen LogP contribution >= 0.6 is 69.3 Å². The monoisotopic (exact) mass is 700 g/mol. The smallest absolute Gasteiger partial charge is 0.190 e. The lowest BCUT2D eigenvalue weighted by Crippen LogP contribution is -2.13. The number of fused-ring (bicyclic) bond motifs is 5. The van der Waals surface area contributed by atoms with E-state index in [2.05, 4.69) is 32.1 Å². The molecule has 0 bridgehead atoms. The third-order valence-corrected chi connectivity index (χ3v) is 15.4. The Morgan fingerprint density at radius 2 is 1.25 bits per heavy atom. The number of carbonyl (C=O) groups excluding carboxylic acids is 2. The molecule has 44 heavy (non-hydrogen) atoms. The second kappa shape index (κ2) is 14.5. The second-order valence-electron chi connectivity index (χ2n) is 11.1. The van der Waals surface area contributed by atoms with Crippen molar-refractivity contribution in [2.24, 2.45) is 7.05 Å². The average molecular weight is 701 g/mol. The molecule has 0 amide bonds. The van der Waals surface area contributed by atoms with Crippen molar-refractivity contribution >= 4 is 80.9 Å². The molecule has 10 heteroatoms. The number of thiophene rings is 3. The lowest BCUT2D eigenvalue weighted by Gasteiger charge is -2.15. The van der Waals surface area contributed by atoms with Gasteiger partial charge in [-0.1, -0.05) is 6.08 Å². The molecule has 234 valence electrons. The van der Waals surface area contributed by atoms with E-state index in [1.54, 1.807) is 51.8 Å². The molecule has 0 aliphatic heterocycles. The van der Waals surface area contributed by atoms with Gasteiger partial charge >= 0.3 is 0 Å². The second-order valence-corrected chi connectivity index (χ2v) is 18.0. The van der Waals surface area contributed by atoms with Crippen LogP contribution in [0.15, 0.2) is 30.5 Å². The summed E-state index contributed by atoms with van der Waals surface area (Å²) in [5.74, 6) is 0.613. The molecule has 0 saturated heterocycles. The molecular formula is C34H40N2O2S6. The maximum atomic E-state index is 12.2. The normalized spacial score (nSPS) is 16.0. The van der Waals surface area contributed by atoms with Gasteiger partial charge in [0.15, 0.2) is 11.6 Å². The van der Waals surface area contributed by atoms with E-state index >= 15 is 0 Å². The highest BCUT2D eigenvalue weighted by Crippen LogP contribution is 2.46. The zero-order chi connectivity index (χ0) is 31.7. The molecule has 4 aromatic rings. The largest absolute Gasteiger partial charge is 0.294 e. The molecule has 4 aromatic heterocycles. The summed E-state index contributed by atoms with van der Waals surface area (Å²) in [6.07, 6.45) is 17.4. The molecule has 0 radical (unpaired) electrons. The van der Waals surface area contributed by atoms with Crippen molar-refractivity contribution in [3.8, 4) is 11.3 Å². The van der Waals surface area contributed by atoms with Crippen LogP contribution in [0.3, 0.4) is 0 Å². The number of allylic oxidation sites excluding steroid dienone is 2. The van der Waals surface area contributed by atoms with Crippen molar-refractivity contribution in [1.29, 1.82) is 0 Å². The van der Waals surface area contributed by atoms with Crippen molar-refractivity contribution < 1.29 is 9.59 Å². The fraction of sp³-hybridized carbons (Fsp3) is 0.441. The molecule has 0 atom stereocenters. The van der Waals surface area contributed by atoms with Crippen molar-refractivity contribution in [3.63, 3.8) is 0 Å². The van der Waals surface area contributed by atoms with Crippen molar-refractivity contribution in [1.82, 2.24) is 9.78 Å². The van der Waals surface area contributed by atoms with Gasteiger partial charge in [-0.3, -0.25) is 14.3 Å². The summed E-state index contributed by atoms with van der Waals surface area (Å²) in [6, 6.07) is 0. The number of aryl methyl sites for hydroxylation is 5. The Kier molecular flexibility index (Phi) is 11.1. The number of aromatic nitrogens is 2. The lowest BCUT2D eigenvalue weighted by atomic mass is 9.88. The highest BCUT2D eigenvalue weighted by atomic mass is 32.2. The average Bonchev–Trinajstić information content (AvgIpc) is 3.76. The first kappa shape index (κ1) is 33.8. The summed E-state index contributed by atoms with van der Waals surface area (Å²) in [5, 5.41) is 4.39. The Morgan fingerprint density at radius 1 is 0.727 bits per heavy atom. The quantitative estimate of drug-likeness (QED) is 0.157. The van der Waals surface area contributed by atoms with Gasteiger partial charge < -0.3 is 0 Å². The standard InChI is InChI=1S/C12H14N2S2.C12H14OS2.C10H12OS2/c1-7-9-5-4-8-6-13-14(2)11(8)10(9)12(15-3)16-7;1-4-8-5-6-9-7(2)15-12(14-3)10(9)11(8)13;1-6-7-4-3-5-8(11)9(7)10(12-2)13-6/h6H,4-5H2,1-3H3;4H,5-6H2,1-3H3;3-5H2,1-2H3/b;8-4+;. The SMILES string of the molecule is C/C=C1\CCc2c(C)sc(SC)c2C1=O.CSc1sc(C)c2c1-c1c(cnn1C)CC2.CSc1sc(C)c2c1C(=O)CCC2. The number of hydrogen-bond acceptors (Lipinski definition) is 9. The minimum Gasteiger partial charge on any atom is -0.294 e. The number of carbonyl (C=O) groups is 2. The maximum absolute atomic E-state index is 12.2. The van der Waals surface area contributed by atoms with Crippen molar-refractivity contribution in [2.75, 3.05) is 18.8 Å². The Morgan fingerprint density at radius 3 is 1.84 bits per heavy atom. The molecule has 3 aliphatic rings. The van der Waals surface area contributed by atoms with Gasteiger partial charge in [0.25, 0.3) is 0 Å². The van der Waals surface area contributed by atoms with E-state index in [4.69, 9.17) is 0 Å². The molecule has 0 unspecified atom stereocenters. The molecule has 0 spiro atoms. The summed E-state index contributed by atoms with van der Waals surface area (Å²) in [4.78, 5) is 28.0. The van der Waals surface area contributed by atoms with Gasteiger partial charge in [0.05, 0.1) is 30.1 Å². The zero-order valence-electron chi connectivity index (χ0n) is 26.8. The Hall–Kier alpha value is -1.56. The van der Waals surface area contributed by atoms with Crippen LogP contribution < -0.4 is 0 Å². The number of nitrogens with zero attached hydrogens (tertiary/aromatic N) is 2. The fourth-order valence-corrected chi connectivity index (χ4v) is 12.6. The Labute approximate surface area is 286 Å². The van der Waals surface area contributed by atoms with Gasteiger partial charge in [0.1, 0.15) is 0 Å². The van der Waals surface area contributed by atoms with Crippen LogP contribution in [-0.2, 0) is 32.7 Å². The van der Waals surface area contributed by atoms with E-state index in [1.165, 1.54) is 61.6 Å². The topological polar surface area (TPSA) is 52.0 Å². The number of ketones is 2. The van der Waals surface area contributed by atoms with Crippen molar-refractivity contribution in [2.45, 2.75) is 85.3 Å². The zero-order valence-corrected chi connectivity index (χ0v) is 31.7. The first-order valence-electron chi connectivity index (χ1n) is 14.9. The highest BCUT2D eigenvalue weighted by Gasteiger charge is 2.28. The lowest BCUT2D eigenvalue weighted by molar-refractivity contribution is 0.0969. The highest BCUT2D eigenvalue weighted by molar-refractivity contribution is 8.01. The van der Waals surface area contributed by atoms with E-state index in [-0.39, 0.29) is 5.78 Å². The van der Waals surface area contributed by atoms with Crippen LogP contribution in [-0.4, -0.2) is 40.1 Å². The fourth-order valence-electron chi connectivity index (χ4n) is 6.35. The molecular weight excluding hydrogens is 661 g/mol. The first-order chi connectivity index (χ1) is 21.1. The summed E-state index contributed by atoms with van der Waals surface area (Å²) in [7, 11) is 2.05. The van der Waals surface area contributed by atoms with Crippen LogP contribution in [0.4, 0.5) is 0 Å². The van der Waals surface area contributed by atoms with Crippen LogP contribution in [0.1, 0.15) is 83.8 Å². The minimum atomic E-state index is 0.257. The van der Waals surface area contributed by atoms with Gasteiger partial charge in [-0.2, -0.15) is 5.10 Å². The summed E-state index contributed by atoms with van der Waals surface area (Å²) in [6.45, 7) is 8.44. The van der Waals surface area contributed by atoms with Crippen LogP contribution in [0, 0.1) is 20.8 Å². The molecule has 0 aromatic carbocycles. The number of hydrogen-bond donors (Lipinski definition) is 0. The number of thioether (sulfide) groups is 3. The van der Waals surface area contributed by atoms with Crippen molar-refractivity contribution in [3.05, 3.63) is 65.9 Å². The van der Waals surface area contributed by atoms with Gasteiger partial charge in [-0.15, -0.1) is 69.3 Å². The summed E-state index contributed by atoms with van der Waals surface area (Å²) in [5.41, 5.74) is 11.4.